The van der Waals surface area contributed by atoms with Gasteiger partial charge in [0.25, 0.3) is 0 Å². The molecular weight excluding hydrogens is 162 g/mol. The minimum atomic E-state index is -0.573. The van der Waals surface area contributed by atoms with Crippen LogP contribution in [0.3, 0.4) is 0 Å². The number of carbonyl (C=O) groups excluding carboxylic acids is 1. The first kappa shape index (κ1) is 8.32. The van der Waals surface area contributed by atoms with Crippen LogP contribution in [-0.4, -0.2) is 23.2 Å². The van der Waals surface area contributed by atoms with E-state index in [0.29, 0.717) is 0 Å². The van der Waals surface area contributed by atoms with E-state index < -0.39 is 5.97 Å². The normalized spacial score (nSPS) is 10.4. The molecular formula is C7H7NO4. The smallest absolute Gasteiger partial charge is 0.360 e. The van der Waals surface area contributed by atoms with E-state index >= 15 is 0 Å². The first-order valence-electron chi connectivity index (χ1n) is 3.12. The maximum Gasteiger partial charge on any atom is 0.360 e. The lowest BCUT2D eigenvalue weighted by molar-refractivity contribution is 0.0594. The molecule has 1 heterocycles. The zero-order chi connectivity index (χ0) is 8.97. The van der Waals surface area contributed by atoms with E-state index in [-0.39, 0.29) is 11.6 Å². The quantitative estimate of drug-likeness (QED) is 0.528. The summed E-state index contributed by atoms with van der Waals surface area (Å²) in [6, 6.07) is 0. The Morgan fingerprint density at radius 1 is 1.83 bits per heavy atom. The van der Waals surface area contributed by atoms with Gasteiger partial charge >= 0.3 is 5.97 Å². The number of hydrogen-bond acceptors (Lipinski definition) is 5. The van der Waals surface area contributed by atoms with Crippen molar-refractivity contribution < 1.29 is 19.1 Å². The van der Waals surface area contributed by atoms with Gasteiger partial charge in [0.1, 0.15) is 6.26 Å². The fourth-order valence-corrected chi connectivity index (χ4v) is 0.626. The van der Waals surface area contributed by atoms with Crippen molar-refractivity contribution in [3.8, 4) is 0 Å². The summed E-state index contributed by atoms with van der Waals surface area (Å²) in [4.78, 5) is 14.5. The van der Waals surface area contributed by atoms with Crippen LogP contribution in [0.15, 0.2) is 16.9 Å². The van der Waals surface area contributed by atoms with Crippen LogP contribution < -0.4 is 0 Å². The van der Waals surface area contributed by atoms with Gasteiger partial charge in [-0.2, -0.15) is 0 Å². The van der Waals surface area contributed by atoms with Crippen LogP contribution in [0.25, 0.3) is 6.08 Å². The summed E-state index contributed by atoms with van der Waals surface area (Å²) in [5, 5.41) is 8.33. The number of oxazole rings is 1. The molecule has 0 bridgehead atoms. The molecule has 5 heteroatoms. The number of methoxy groups -OCH3 is 1. The Morgan fingerprint density at radius 2 is 2.58 bits per heavy atom. The highest BCUT2D eigenvalue weighted by molar-refractivity contribution is 5.86. The topological polar surface area (TPSA) is 72.6 Å². The summed E-state index contributed by atoms with van der Waals surface area (Å²) < 4.78 is 9.15. The largest absolute Gasteiger partial charge is 0.515 e. The summed E-state index contributed by atoms with van der Waals surface area (Å²) in [5.74, 6) is -0.422. The molecule has 12 heavy (non-hydrogen) atoms. The van der Waals surface area contributed by atoms with Gasteiger partial charge in [0.2, 0.25) is 5.89 Å². The number of esters is 1. The number of ether oxygens (including phenoxy) is 1. The molecule has 0 aromatic carbocycles. The summed E-state index contributed by atoms with van der Waals surface area (Å²) >= 11 is 0. The van der Waals surface area contributed by atoms with Crippen molar-refractivity contribution >= 4 is 12.0 Å². The number of hydrogen-bond donors (Lipinski definition) is 1. The summed E-state index contributed by atoms with van der Waals surface area (Å²) in [7, 11) is 1.25. The molecule has 0 spiro atoms. The molecule has 0 radical (unpaired) electrons. The monoisotopic (exact) mass is 169 g/mol. The van der Waals surface area contributed by atoms with Crippen molar-refractivity contribution in [3.63, 3.8) is 0 Å². The first-order valence-corrected chi connectivity index (χ1v) is 3.12. The van der Waals surface area contributed by atoms with Crippen molar-refractivity contribution in [2.75, 3.05) is 7.11 Å². The average molecular weight is 169 g/mol. The second kappa shape index (κ2) is 3.56. The lowest BCUT2D eigenvalue weighted by atomic mass is 10.5. The van der Waals surface area contributed by atoms with Crippen molar-refractivity contribution in [1.82, 2.24) is 4.98 Å². The SMILES string of the molecule is COC(=O)c1coc(/C=C/O)n1. The number of carbonyl (C=O) groups is 1. The second-order valence-electron chi connectivity index (χ2n) is 1.88. The fraction of sp³-hybridized carbons (Fsp3) is 0.143. The third kappa shape index (κ3) is 1.63. The highest BCUT2D eigenvalue weighted by Gasteiger charge is 2.10. The van der Waals surface area contributed by atoms with Gasteiger partial charge in [-0.25, -0.2) is 9.78 Å². The molecule has 1 aromatic heterocycles. The lowest BCUT2D eigenvalue weighted by Gasteiger charge is -1.88. The van der Waals surface area contributed by atoms with Crippen LogP contribution in [0.1, 0.15) is 16.4 Å². The Balaban J connectivity index is 2.84. The Hall–Kier alpha value is -1.78. The summed E-state index contributed by atoms with van der Waals surface area (Å²) in [5.41, 5.74) is 0.0746. The molecule has 0 fully saturated rings. The zero-order valence-electron chi connectivity index (χ0n) is 6.35. The second-order valence-corrected chi connectivity index (χ2v) is 1.88. The van der Waals surface area contributed by atoms with E-state index in [4.69, 9.17) is 9.52 Å². The van der Waals surface area contributed by atoms with Crippen LogP contribution in [0, 0.1) is 0 Å². The molecule has 1 aromatic rings. The van der Waals surface area contributed by atoms with E-state index in [0.717, 1.165) is 12.5 Å². The predicted octanol–water partition coefficient (Wildman–Crippen LogP) is 0.990. The maximum absolute atomic E-state index is 10.8. The molecule has 0 unspecified atom stereocenters. The van der Waals surface area contributed by atoms with Crippen molar-refractivity contribution in [2.45, 2.75) is 0 Å². The lowest BCUT2D eigenvalue weighted by Crippen LogP contribution is -2.00. The molecule has 0 aliphatic heterocycles. The van der Waals surface area contributed by atoms with Crippen LogP contribution in [0.2, 0.25) is 0 Å². The minimum absolute atomic E-state index is 0.0746. The summed E-state index contributed by atoms with van der Waals surface area (Å²) in [6.07, 6.45) is 3.14. The number of aromatic nitrogens is 1. The fourth-order valence-electron chi connectivity index (χ4n) is 0.626. The van der Waals surface area contributed by atoms with Gasteiger partial charge in [-0.05, 0) is 0 Å². The number of nitrogens with zero attached hydrogens (tertiary/aromatic N) is 1. The summed E-state index contributed by atoms with van der Waals surface area (Å²) in [6.45, 7) is 0. The third-order valence-corrected chi connectivity index (χ3v) is 1.13. The van der Waals surface area contributed by atoms with Crippen LogP contribution in [-0.2, 0) is 4.74 Å². The van der Waals surface area contributed by atoms with Crippen LogP contribution in [0.4, 0.5) is 0 Å². The van der Waals surface area contributed by atoms with Crippen LogP contribution >= 0.6 is 0 Å². The van der Waals surface area contributed by atoms with E-state index in [1.165, 1.54) is 13.2 Å². The Kier molecular flexibility index (Phi) is 2.47. The Bertz CT molecular complexity index is 302. The van der Waals surface area contributed by atoms with Gasteiger partial charge in [-0.15, -0.1) is 0 Å². The van der Waals surface area contributed by atoms with Crippen molar-refractivity contribution in [1.29, 1.82) is 0 Å². The van der Waals surface area contributed by atoms with Crippen LogP contribution in [0.5, 0.6) is 0 Å². The Labute approximate surface area is 68.3 Å². The van der Waals surface area contributed by atoms with Gasteiger partial charge in [0.15, 0.2) is 5.69 Å². The molecule has 0 aliphatic carbocycles. The van der Waals surface area contributed by atoms with E-state index in [1.807, 2.05) is 0 Å². The molecule has 0 saturated heterocycles. The van der Waals surface area contributed by atoms with Crippen molar-refractivity contribution in [2.24, 2.45) is 0 Å². The molecule has 5 nitrogen and oxygen atoms in total. The van der Waals surface area contributed by atoms with Gasteiger partial charge in [-0.1, -0.05) is 0 Å². The van der Waals surface area contributed by atoms with Gasteiger partial charge < -0.3 is 14.3 Å². The molecule has 64 valence electrons. The Morgan fingerprint density at radius 3 is 3.17 bits per heavy atom. The molecule has 0 atom stereocenters. The van der Waals surface area contributed by atoms with Gasteiger partial charge in [0.05, 0.1) is 13.4 Å². The number of rotatable bonds is 2. The minimum Gasteiger partial charge on any atom is -0.515 e. The third-order valence-electron chi connectivity index (χ3n) is 1.13. The van der Waals surface area contributed by atoms with E-state index in [2.05, 4.69) is 9.72 Å². The molecule has 0 saturated carbocycles. The predicted molar refractivity (Wildman–Crippen MR) is 39.5 cm³/mol. The van der Waals surface area contributed by atoms with Gasteiger partial charge in [-0.3, -0.25) is 0 Å². The van der Waals surface area contributed by atoms with E-state index in [9.17, 15) is 4.79 Å². The first-order chi connectivity index (χ1) is 5.77. The highest BCUT2D eigenvalue weighted by Crippen LogP contribution is 2.04. The standard InChI is InChI=1S/C7H7NO4/c1-11-7(10)5-4-12-6(8-5)2-3-9/h2-4,9H,1H3/b3-2+. The van der Waals surface area contributed by atoms with Crippen molar-refractivity contribution in [3.05, 3.63) is 24.1 Å². The molecule has 1 rings (SSSR count). The highest BCUT2D eigenvalue weighted by atomic mass is 16.5. The van der Waals surface area contributed by atoms with Gasteiger partial charge in [0, 0.05) is 6.08 Å². The average Bonchev–Trinajstić information content (AvgIpc) is 2.52. The molecule has 0 amide bonds. The molecule has 1 N–H and O–H groups in total. The maximum atomic E-state index is 10.8. The number of aliphatic hydroxyl groups is 1. The zero-order valence-corrected chi connectivity index (χ0v) is 6.35. The van der Waals surface area contributed by atoms with E-state index in [1.54, 1.807) is 0 Å². The molecule has 0 aliphatic rings. The number of aliphatic hydroxyl groups excluding tert-OH is 1.